The highest BCUT2D eigenvalue weighted by molar-refractivity contribution is 6.31. The number of hydrogen-bond acceptors (Lipinski definition) is 3. The highest BCUT2D eigenvalue weighted by Crippen LogP contribution is 2.31. The molecule has 1 N–H and O–H groups in total. The Hall–Kier alpha value is -2.60. The van der Waals surface area contributed by atoms with Crippen molar-refractivity contribution in [2.45, 2.75) is 13.5 Å². The van der Waals surface area contributed by atoms with E-state index in [1.165, 1.54) is 31.1 Å². The fourth-order valence-corrected chi connectivity index (χ4v) is 2.41. The maximum atomic E-state index is 12.9. The van der Waals surface area contributed by atoms with Crippen LogP contribution in [-0.2, 0) is 16.1 Å². The van der Waals surface area contributed by atoms with Gasteiger partial charge in [0.1, 0.15) is 18.1 Å². The molecular weight excluding hydrogens is 347 g/mol. The highest BCUT2D eigenvalue weighted by atomic mass is 35.5. The van der Waals surface area contributed by atoms with Crippen molar-refractivity contribution in [2.24, 2.45) is 0 Å². The van der Waals surface area contributed by atoms with Gasteiger partial charge in [-0.1, -0.05) is 23.7 Å². The van der Waals surface area contributed by atoms with Gasteiger partial charge in [0.15, 0.2) is 0 Å². The molecular formula is C18H18ClFN2O3. The Morgan fingerprint density at radius 3 is 2.48 bits per heavy atom. The predicted molar refractivity (Wildman–Crippen MR) is 94.3 cm³/mol. The van der Waals surface area contributed by atoms with Gasteiger partial charge in [-0.25, -0.2) is 4.39 Å². The third kappa shape index (κ3) is 5.19. The van der Waals surface area contributed by atoms with Gasteiger partial charge >= 0.3 is 0 Å². The Morgan fingerprint density at radius 1 is 1.20 bits per heavy atom. The minimum absolute atomic E-state index is 0.187. The van der Waals surface area contributed by atoms with E-state index < -0.39 is 0 Å². The first-order chi connectivity index (χ1) is 11.9. The van der Waals surface area contributed by atoms with E-state index in [1.54, 1.807) is 30.3 Å². The largest absolute Gasteiger partial charge is 0.495 e. The number of nitrogens with zero attached hydrogens (tertiary/aromatic N) is 1. The molecule has 2 amide bonds. The summed E-state index contributed by atoms with van der Waals surface area (Å²) in [5, 5.41) is 3.12. The third-order valence-corrected chi connectivity index (χ3v) is 3.75. The minimum Gasteiger partial charge on any atom is -0.495 e. The number of anilines is 1. The Labute approximate surface area is 150 Å². The first-order valence-corrected chi connectivity index (χ1v) is 7.91. The molecule has 0 aliphatic carbocycles. The molecule has 0 aliphatic rings. The van der Waals surface area contributed by atoms with Crippen molar-refractivity contribution >= 4 is 29.1 Å². The summed E-state index contributed by atoms with van der Waals surface area (Å²) in [5.74, 6) is -0.587. The molecule has 0 heterocycles. The van der Waals surface area contributed by atoms with Crippen LogP contribution in [0.25, 0.3) is 0 Å². The zero-order chi connectivity index (χ0) is 18.4. The molecule has 2 aromatic rings. The molecule has 0 atom stereocenters. The molecule has 0 saturated carbocycles. The number of halogens is 2. The second kappa shape index (κ2) is 8.48. The van der Waals surface area contributed by atoms with Crippen LogP contribution in [0.15, 0.2) is 42.5 Å². The first kappa shape index (κ1) is 18.7. The van der Waals surface area contributed by atoms with E-state index >= 15 is 0 Å². The van der Waals surface area contributed by atoms with Crippen molar-refractivity contribution in [1.29, 1.82) is 0 Å². The van der Waals surface area contributed by atoms with Crippen LogP contribution in [0.5, 0.6) is 5.75 Å². The smallest absolute Gasteiger partial charge is 0.240 e. The second-order valence-corrected chi connectivity index (χ2v) is 5.76. The quantitative estimate of drug-likeness (QED) is 0.856. The number of carbonyl (C=O) groups is 2. The van der Waals surface area contributed by atoms with Crippen molar-refractivity contribution in [1.82, 2.24) is 5.32 Å². The lowest BCUT2D eigenvalue weighted by atomic mass is 10.2. The van der Waals surface area contributed by atoms with Crippen molar-refractivity contribution in [3.63, 3.8) is 0 Å². The Bertz CT molecular complexity index is 765. The zero-order valence-corrected chi connectivity index (χ0v) is 14.6. The molecule has 0 fully saturated rings. The summed E-state index contributed by atoms with van der Waals surface area (Å²) in [6.45, 7) is 1.40. The lowest BCUT2D eigenvalue weighted by Gasteiger charge is -2.23. The summed E-state index contributed by atoms with van der Waals surface area (Å²) in [5.41, 5.74) is 1.17. The van der Waals surface area contributed by atoms with Gasteiger partial charge in [-0.3, -0.25) is 14.5 Å². The molecule has 7 heteroatoms. The lowest BCUT2D eigenvalue weighted by molar-refractivity contribution is -0.123. The Morgan fingerprint density at radius 2 is 1.88 bits per heavy atom. The van der Waals surface area contributed by atoms with Gasteiger partial charge in [0.05, 0.1) is 12.8 Å². The number of benzene rings is 2. The number of amides is 2. The summed E-state index contributed by atoms with van der Waals surface area (Å²) in [6.07, 6.45) is 0. The molecule has 0 spiro atoms. The summed E-state index contributed by atoms with van der Waals surface area (Å²) in [6, 6.07) is 10.6. The van der Waals surface area contributed by atoms with Gasteiger partial charge in [0.2, 0.25) is 11.8 Å². The lowest BCUT2D eigenvalue weighted by Crippen LogP contribution is -2.39. The highest BCUT2D eigenvalue weighted by Gasteiger charge is 2.19. The van der Waals surface area contributed by atoms with Gasteiger partial charge in [-0.2, -0.15) is 0 Å². The van der Waals surface area contributed by atoms with Gasteiger partial charge in [0.25, 0.3) is 0 Å². The first-order valence-electron chi connectivity index (χ1n) is 7.53. The predicted octanol–water partition coefficient (Wildman–Crippen LogP) is 3.16. The summed E-state index contributed by atoms with van der Waals surface area (Å²) < 4.78 is 18.1. The van der Waals surface area contributed by atoms with Crippen LogP contribution in [0.2, 0.25) is 5.02 Å². The molecule has 0 saturated heterocycles. The van der Waals surface area contributed by atoms with Crippen molar-refractivity contribution in [2.75, 3.05) is 18.6 Å². The summed E-state index contributed by atoms with van der Waals surface area (Å²) >= 11 is 5.99. The molecule has 0 unspecified atom stereocenters. The second-order valence-electron chi connectivity index (χ2n) is 5.32. The Balaban J connectivity index is 2.08. The normalized spacial score (nSPS) is 10.2. The van der Waals surface area contributed by atoms with Crippen LogP contribution < -0.4 is 15.0 Å². The average Bonchev–Trinajstić information content (AvgIpc) is 2.59. The summed E-state index contributed by atoms with van der Waals surface area (Å²) in [4.78, 5) is 25.5. The van der Waals surface area contributed by atoms with Crippen molar-refractivity contribution < 1.29 is 18.7 Å². The van der Waals surface area contributed by atoms with Crippen LogP contribution >= 0.6 is 11.6 Å². The number of hydrogen-bond donors (Lipinski definition) is 1. The molecule has 25 heavy (non-hydrogen) atoms. The number of carbonyl (C=O) groups excluding carboxylic acids is 2. The van der Waals surface area contributed by atoms with Crippen LogP contribution in [0.4, 0.5) is 10.1 Å². The van der Waals surface area contributed by atoms with E-state index in [1.807, 2.05) is 0 Å². The van der Waals surface area contributed by atoms with Crippen molar-refractivity contribution in [3.8, 4) is 5.75 Å². The molecule has 2 aromatic carbocycles. The van der Waals surface area contributed by atoms with E-state index in [9.17, 15) is 14.0 Å². The van der Waals surface area contributed by atoms with Crippen molar-refractivity contribution in [3.05, 3.63) is 58.9 Å². The van der Waals surface area contributed by atoms with E-state index in [0.29, 0.717) is 16.5 Å². The number of ether oxygens (including phenoxy) is 1. The third-order valence-electron chi connectivity index (χ3n) is 3.52. The minimum atomic E-state index is -0.360. The molecule has 0 bridgehead atoms. The number of rotatable bonds is 6. The Kier molecular flexibility index (Phi) is 6.36. The SMILES string of the molecule is COc1ccc(Cl)cc1N(CC(=O)NCc1ccc(F)cc1)C(C)=O. The molecule has 132 valence electrons. The molecule has 2 rings (SSSR count). The fourth-order valence-electron chi connectivity index (χ4n) is 2.24. The number of methoxy groups -OCH3 is 1. The molecule has 0 radical (unpaired) electrons. The van der Waals surface area contributed by atoms with Gasteiger partial charge in [0, 0.05) is 18.5 Å². The maximum Gasteiger partial charge on any atom is 0.240 e. The van der Waals surface area contributed by atoms with Gasteiger partial charge in [-0.05, 0) is 35.9 Å². The van der Waals surface area contributed by atoms with Crippen LogP contribution in [0, 0.1) is 5.82 Å². The van der Waals surface area contributed by atoms with E-state index in [2.05, 4.69) is 5.32 Å². The maximum absolute atomic E-state index is 12.9. The molecule has 5 nitrogen and oxygen atoms in total. The molecule has 0 aromatic heterocycles. The van der Waals surface area contributed by atoms with Crippen LogP contribution in [0.3, 0.4) is 0 Å². The fraction of sp³-hybridized carbons (Fsp3) is 0.222. The monoisotopic (exact) mass is 364 g/mol. The summed E-state index contributed by atoms with van der Waals surface area (Å²) in [7, 11) is 1.47. The van der Waals surface area contributed by atoms with Gasteiger partial charge in [-0.15, -0.1) is 0 Å². The van der Waals surface area contributed by atoms with Gasteiger partial charge < -0.3 is 10.1 Å². The number of nitrogens with one attached hydrogen (secondary N) is 1. The van der Waals surface area contributed by atoms with Crippen LogP contribution in [0.1, 0.15) is 12.5 Å². The standard InChI is InChI=1S/C18H18ClFN2O3/c1-12(23)22(16-9-14(19)5-8-17(16)25-2)11-18(24)21-10-13-3-6-15(20)7-4-13/h3-9H,10-11H2,1-2H3,(H,21,24). The molecule has 0 aliphatic heterocycles. The van der Waals surface area contributed by atoms with E-state index in [4.69, 9.17) is 16.3 Å². The topological polar surface area (TPSA) is 58.6 Å². The van der Waals surface area contributed by atoms with Crippen LogP contribution in [-0.4, -0.2) is 25.5 Å². The van der Waals surface area contributed by atoms with E-state index in [-0.39, 0.29) is 30.7 Å². The average molecular weight is 365 g/mol. The zero-order valence-electron chi connectivity index (χ0n) is 13.9. The van der Waals surface area contributed by atoms with E-state index in [0.717, 1.165) is 5.56 Å².